The third-order valence-electron chi connectivity index (χ3n) is 3.06. The Hall–Kier alpha value is -2.11. The summed E-state index contributed by atoms with van der Waals surface area (Å²) in [6, 6.07) is 0.774. The van der Waals surface area contributed by atoms with Crippen LogP contribution < -0.4 is 5.73 Å². The van der Waals surface area contributed by atoms with Crippen LogP contribution >= 0.6 is 0 Å². The highest BCUT2D eigenvalue weighted by atomic mass is 16.3. The molecule has 3 N–H and O–H groups in total. The average molecular weight is 249 g/mol. The number of likely N-dealkylation sites (tertiary alicyclic amines) is 1. The van der Waals surface area contributed by atoms with Crippen LogP contribution in [0.1, 0.15) is 29.6 Å². The summed E-state index contributed by atoms with van der Waals surface area (Å²) >= 11 is 0. The zero-order valence-electron chi connectivity index (χ0n) is 9.87. The van der Waals surface area contributed by atoms with E-state index in [1.54, 1.807) is 0 Å². The lowest BCUT2D eigenvalue weighted by molar-refractivity contribution is -0.123. The Kier molecular flexibility index (Phi) is 3.45. The van der Waals surface area contributed by atoms with Gasteiger partial charge in [-0.15, -0.1) is 0 Å². The van der Waals surface area contributed by atoms with Crippen LogP contribution in [0.5, 0.6) is 5.75 Å². The Morgan fingerprint density at radius 1 is 1.39 bits per heavy atom. The topological polar surface area (TPSA) is 96.5 Å². The summed E-state index contributed by atoms with van der Waals surface area (Å²) in [4.78, 5) is 28.8. The molecule has 1 aliphatic heterocycles. The van der Waals surface area contributed by atoms with Crippen LogP contribution in [-0.4, -0.2) is 39.4 Å². The van der Waals surface area contributed by atoms with E-state index in [1.165, 1.54) is 23.4 Å². The number of aromatic nitrogens is 1. The van der Waals surface area contributed by atoms with Crippen LogP contribution in [0.25, 0.3) is 0 Å². The normalized spacial score (nSPS) is 19.6. The fraction of sp³-hybridized carbons (Fsp3) is 0.417. The summed E-state index contributed by atoms with van der Waals surface area (Å²) in [5.41, 5.74) is 5.57. The van der Waals surface area contributed by atoms with E-state index in [2.05, 4.69) is 4.98 Å². The summed E-state index contributed by atoms with van der Waals surface area (Å²) in [6.45, 7) is 0.502. The molecule has 1 saturated heterocycles. The molecule has 18 heavy (non-hydrogen) atoms. The Balaban J connectivity index is 2.23. The molecule has 1 unspecified atom stereocenters. The quantitative estimate of drug-likeness (QED) is 0.786. The molecule has 0 aliphatic carbocycles. The van der Waals surface area contributed by atoms with Crippen LogP contribution in [0.4, 0.5) is 0 Å². The Bertz CT molecular complexity index is 475. The number of rotatable bonds is 2. The van der Waals surface area contributed by atoms with Gasteiger partial charge in [-0.1, -0.05) is 0 Å². The van der Waals surface area contributed by atoms with E-state index in [0.29, 0.717) is 13.0 Å². The van der Waals surface area contributed by atoms with Gasteiger partial charge in [-0.25, -0.2) is 0 Å². The monoisotopic (exact) mass is 249 g/mol. The van der Waals surface area contributed by atoms with E-state index >= 15 is 0 Å². The lowest BCUT2D eigenvalue weighted by atomic mass is 10.0. The van der Waals surface area contributed by atoms with Gasteiger partial charge < -0.3 is 15.7 Å². The molecule has 1 fully saturated rings. The molecule has 0 bridgehead atoms. The second kappa shape index (κ2) is 5.03. The van der Waals surface area contributed by atoms with Gasteiger partial charge in [-0.3, -0.25) is 14.6 Å². The molecule has 2 amide bonds. The Morgan fingerprint density at radius 2 is 2.17 bits per heavy atom. The fourth-order valence-electron chi connectivity index (χ4n) is 2.18. The van der Waals surface area contributed by atoms with Crippen molar-refractivity contribution >= 4 is 11.8 Å². The number of carbonyl (C=O) groups excluding carboxylic acids is 2. The second-order valence-corrected chi connectivity index (χ2v) is 4.34. The minimum absolute atomic E-state index is 0.0755. The molecule has 6 heteroatoms. The predicted octanol–water partition coefficient (Wildman–Crippen LogP) is 0.267. The number of aromatic hydroxyl groups is 1. The largest absolute Gasteiger partial charge is 0.506 e. The maximum absolute atomic E-state index is 12.2. The Labute approximate surface area is 104 Å². The first kappa shape index (κ1) is 12.3. The van der Waals surface area contributed by atoms with Crippen LogP contribution in [0.3, 0.4) is 0 Å². The smallest absolute Gasteiger partial charge is 0.256 e. The number of hydrogen-bond acceptors (Lipinski definition) is 4. The fourth-order valence-corrected chi connectivity index (χ4v) is 2.18. The van der Waals surface area contributed by atoms with Gasteiger partial charge >= 0.3 is 0 Å². The SMILES string of the molecule is NC(=O)C1CCCCN1C(=O)c1cncc(O)c1. The number of carbonyl (C=O) groups is 2. The summed E-state index contributed by atoms with van der Waals surface area (Å²) in [5, 5.41) is 9.31. The second-order valence-electron chi connectivity index (χ2n) is 4.34. The number of nitrogens with zero attached hydrogens (tertiary/aromatic N) is 2. The first-order chi connectivity index (χ1) is 8.59. The zero-order valence-corrected chi connectivity index (χ0v) is 9.87. The lowest BCUT2D eigenvalue weighted by Crippen LogP contribution is -2.50. The van der Waals surface area contributed by atoms with E-state index in [9.17, 15) is 14.7 Å². The molecule has 1 atom stereocenters. The van der Waals surface area contributed by atoms with E-state index in [1.807, 2.05) is 0 Å². The Morgan fingerprint density at radius 3 is 2.83 bits per heavy atom. The molecule has 0 spiro atoms. The zero-order chi connectivity index (χ0) is 13.1. The molecule has 0 radical (unpaired) electrons. The van der Waals surface area contributed by atoms with Gasteiger partial charge in [-0.2, -0.15) is 0 Å². The van der Waals surface area contributed by atoms with Crippen LogP contribution in [0.15, 0.2) is 18.5 Å². The van der Waals surface area contributed by atoms with Crippen molar-refractivity contribution in [2.75, 3.05) is 6.54 Å². The van der Waals surface area contributed by atoms with Crippen molar-refractivity contribution in [3.63, 3.8) is 0 Å². The van der Waals surface area contributed by atoms with Gasteiger partial charge in [0.15, 0.2) is 0 Å². The summed E-state index contributed by atoms with van der Waals surface area (Å²) in [5.74, 6) is -0.883. The molecule has 1 aromatic rings. The van der Waals surface area contributed by atoms with Crippen molar-refractivity contribution in [1.82, 2.24) is 9.88 Å². The number of nitrogens with two attached hydrogens (primary N) is 1. The van der Waals surface area contributed by atoms with Crippen molar-refractivity contribution in [3.05, 3.63) is 24.0 Å². The van der Waals surface area contributed by atoms with Gasteiger partial charge in [0.05, 0.1) is 11.8 Å². The highest BCUT2D eigenvalue weighted by molar-refractivity contribution is 5.97. The molecule has 96 valence electrons. The minimum Gasteiger partial charge on any atom is -0.506 e. The average Bonchev–Trinajstić information content (AvgIpc) is 2.38. The van der Waals surface area contributed by atoms with E-state index in [4.69, 9.17) is 5.73 Å². The highest BCUT2D eigenvalue weighted by Crippen LogP contribution is 2.20. The highest BCUT2D eigenvalue weighted by Gasteiger charge is 2.31. The van der Waals surface area contributed by atoms with Gasteiger partial charge in [0.2, 0.25) is 5.91 Å². The molecule has 1 aromatic heterocycles. The third kappa shape index (κ3) is 2.42. The van der Waals surface area contributed by atoms with Crippen LogP contribution in [0.2, 0.25) is 0 Å². The van der Waals surface area contributed by atoms with Crippen molar-refractivity contribution in [3.8, 4) is 5.75 Å². The molecular formula is C12H15N3O3. The van der Waals surface area contributed by atoms with Gasteiger partial charge in [0.1, 0.15) is 11.8 Å². The third-order valence-corrected chi connectivity index (χ3v) is 3.06. The standard InChI is InChI=1S/C12H15N3O3/c13-11(17)10-3-1-2-4-15(10)12(18)8-5-9(16)7-14-6-8/h5-7,10,16H,1-4H2,(H2,13,17). The molecule has 2 rings (SSSR count). The number of amides is 2. The van der Waals surface area contributed by atoms with Crippen molar-refractivity contribution in [2.45, 2.75) is 25.3 Å². The van der Waals surface area contributed by atoms with Crippen molar-refractivity contribution < 1.29 is 14.7 Å². The minimum atomic E-state index is -0.561. The van der Waals surface area contributed by atoms with E-state index < -0.39 is 11.9 Å². The molecular weight excluding hydrogens is 234 g/mol. The predicted molar refractivity (Wildman–Crippen MR) is 63.8 cm³/mol. The maximum Gasteiger partial charge on any atom is 0.256 e. The number of piperidine rings is 1. The lowest BCUT2D eigenvalue weighted by Gasteiger charge is -2.33. The van der Waals surface area contributed by atoms with Gasteiger partial charge in [0.25, 0.3) is 5.91 Å². The molecule has 0 aromatic carbocycles. The molecule has 1 aliphatic rings. The molecule has 6 nitrogen and oxygen atoms in total. The van der Waals surface area contributed by atoms with E-state index in [-0.39, 0.29) is 17.2 Å². The first-order valence-electron chi connectivity index (χ1n) is 5.84. The van der Waals surface area contributed by atoms with E-state index in [0.717, 1.165) is 12.8 Å². The first-order valence-corrected chi connectivity index (χ1v) is 5.84. The van der Waals surface area contributed by atoms with Crippen molar-refractivity contribution in [1.29, 1.82) is 0 Å². The summed E-state index contributed by atoms with van der Waals surface area (Å²) in [7, 11) is 0. The van der Waals surface area contributed by atoms with Gasteiger partial charge in [-0.05, 0) is 25.3 Å². The molecule has 2 heterocycles. The van der Waals surface area contributed by atoms with Gasteiger partial charge in [0, 0.05) is 12.7 Å². The van der Waals surface area contributed by atoms with Crippen LogP contribution in [0, 0.1) is 0 Å². The van der Waals surface area contributed by atoms with Crippen molar-refractivity contribution in [2.24, 2.45) is 5.73 Å². The summed E-state index contributed by atoms with van der Waals surface area (Å²) in [6.07, 6.45) is 4.94. The van der Waals surface area contributed by atoms with Crippen LogP contribution in [-0.2, 0) is 4.79 Å². The number of primary amides is 1. The summed E-state index contributed by atoms with van der Waals surface area (Å²) < 4.78 is 0. The maximum atomic E-state index is 12.2. The number of pyridine rings is 1. The molecule has 0 saturated carbocycles. The number of hydrogen-bond donors (Lipinski definition) is 2.